The molecule has 0 spiro atoms. The minimum absolute atomic E-state index is 0.264. The highest BCUT2D eigenvalue weighted by atomic mass is 15.1. The second-order valence-electron chi connectivity index (χ2n) is 3.35. The lowest BCUT2D eigenvalue weighted by atomic mass is 10.1. The van der Waals surface area contributed by atoms with Crippen LogP contribution in [0.3, 0.4) is 0 Å². The normalized spacial score (nSPS) is 15.4. The Morgan fingerprint density at radius 2 is 2.08 bits per heavy atom. The molecule has 2 atom stereocenters. The first-order chi connectivity index (χ1) is 5.61. The molecule has 3 nitrogen and oxygen atoms in total. The van der Waals surface area contributed by atoms with E-state index in [9.17, 15) is 0 Å². The maximum absolute atomic E-state index is 6.76. The third kappa shape index (κ3) is 4.27. The van der Waals surface area contributed by atoms with Crippen molar-refractivity contribution in [3.8, 4) is 0 Å². The van der Waals surface area contributed by atoms with Crippen molar-refractivity contribution in [2.24, 2.45) is 4.99 Å². The van der Waals surface area contributed by atoms with Crippen LogP contribution in [0, 0.1) is 5.41 Å². The van der Waals surface area contributed by atoms with Gasteiger partial charge in [-0.1, -0.05) is 6.92 Å². The fraction of sp³-hybridized carbons (Fsp3) is 0.889. The molecule has 0 aliphatic heterocycles. The topological polar surface area (TPSA) is 39.5 Å². The summed E-state index contributed by atoms with van der Waals surface area (Å²) in [5.41, 5.74) is 0. The highest BCUT2D eigenvalue weighted by Gasteiger charge is 2.11. The van der Waals surface area contributed by atoms with Crippen LogP contribution in [-0.4, -0.2) is 37.1 Å². The monoisotopic (exact) mass is 169 g/mol. The highest BCUT2D eigenvalue weighted by molar-refractivity contribution is 5.36. The van der Waals surface area contributed by atoms with Crippen LogP contribution in [0.5, 0.6) is 0 Å². The smallest absolute Gasteiger partial charge is 0.0864 e. The Labute approximate surface area is 75.0 Å². The van der Waals surface area contributed by atoms with Crippen molar-refractivity contribution in [3.05, 3.63) is 0 Å². The predicted octanol–water partition coefficient (Wildman–Crippen LogP) is 1.86. The van der Waals surface area contributed by atoms with Crippen molar-refractivity contribution in [1.82, 2.24) is 4.90 Å². The zero-order valence-corrected chi connectivity index (χ0v) is 8.46. The predicted molar refractivity (Wildman–Crippen MR) is 52.0 cm³/mol. The third-order valence-corrected chi connectivity index (χ3v) is 2.21. The Balaban J connectivity index is 3.93. The third-order valence-electron chi connectivity index (χ3n) is 2.21. The Kier molecular flexibility index (Phi) is 5.60. The molecule has 0 bridgehead atoms. The fourth-order valence-corrected chi connectivity index (χ4v) is 1.01. The molecular formula is C9H19N3. The van der Waals surface area contributed by atoms with Crippen molar-refractivity contribution in [1.29, 1.82) is 5.41 Å². The zero-order valence-electron chi connectivity index (χ0n) is 8.46. The molecule has 3 heteroatoms. The number of nitrogens with one attached hydrogen (secondary N) is 1. The maximum Gasteiger partial charge on any atom is 0.0864 e. The van der Waals surface area contributed by atoms with E-state index in [0.29, 0.717) is 6.04 Å². The summed E-state index contributed by atoms with van der Waals surface area (Å²) in [6, 6.07) is 2.90. The van der Waals surface area contributed by atoms with Gasteiger partial charge in [-0.2, -0.15) is 0 Å². The van der Waals surface area contributed by atoms with Crippen molar-refractivity contribution in [2.75, 3.05) is 14.1 Å². The van der Waals surface area contributed by atoms with E-state index in [1.165, 1.54) is 0 Å². The largest absolute Gasteiger partial charge is 0.307 e. The molecule has 0 aromatic carbocycles. The van der Waals surface area contributed by atoms with Gasteiger partial charge in [0, 0.05) is 6.04 Å². The average molecular weight is 169 g/mol. The van der Waals surface area contributed by atoms with Crippen LogP contribution < -0.4 is 0 Å². The zero-order chi connectivity index (χ0) is 9.56. The van der Waals surface area contributed by atoms with Gasteiger partial charge in [-0.05, 0) is 33.9 Å². The first kappa shape index (κ1) is 11.3. The highest BCUT2D eigenvalue weighted by Crippen LogP contribution is 2.08. The van der Waals surface area contributed by atoms with E-state index in [0.717, 1.165) is 12.8 Å². The summed E-state index contributed by atoms with van der Waals surface area (Å²) < 4.78 is 0. The molecule has 0 aromatic heterocycles. The minimum atomic E-state index is 0.264. The van der Waals surface area contributed by atoms with Crippen LogP contribution in [0.25, 0.3) is 0 Å². The second kappa shape index (κ2) is 5.92. The number of rotatable bonds is 5. The maximum atomic E-state index is 6.76. The Hall–Kier alpha value is -0.660. The molecule has 0 aliphatic rings. The first-order valence-corrected chi connectivity index (χ1v) is 4.39. The molecule has 0 heterocycles. The molecule has 1 N–H and O–H groups in total. The molecule has 0 amide bonds. The van der Waals surface area contributed by atoms with Gasteiger partial charge in [0.1, 0.15) is 0 Å². The van der Waals surface area contributed by atoms with Gasteiger partial charge in [0.05, 0.1) is 12.1 Å². The van der Waals surface area contributed by atoms with E-state index >= 15 is 0 Å². The Morgan fingerprint density at radius 1 is 1.50 bits per heavy atom. The quantitative estimate of drug-likeness (QED) is 0.627. The molecule has 0 saturated heterocycles. The molecule has 0 rings (SSSR count). The van der Waals surface area contributed by atoms with Crippen LogP contribution in [0.15, 0.2) is 4.99 Å². The van der Waals surface area contributed by atoms with Crippen LogP contribution in [0.2, 0.25) is 0 Å². The molecule has 12 heavy (non-hydrogen) atoms. The van der Waals surface area contributed by atoms with E-state index in [1.807, 2.05) is 0 Å². The lowest BCUT2D eigenvalue weighted by Crippen LogP contribution is -2.28. The lowest BCUT2D eigenvalue weighted by molar-refractivity contribution is 0.282. The summed E-state index contributed by atoms with van der Waals surface area (Å²) in [5, 5.41) is 6.76. The summed E-state index contributed by atoms with van der Waals surface area (Å²) in [6.07, 6.45) is 2.00. The standard InChI is InChI=1S/C9H19N3/c1-5-9(11-7-10)6-8(2)12(3)4/h8-10H,5-6H2,1-4H3. The summed E-state index contributed by atoms with van der Waals surface area (Å²) in [4.78, 5) is 6.12. The molecule has 70 valence electrons. The number of hydrogen-bond donors (Lipinski definition) is 1. The van der Waals surface area contributed by atoms with E-state index < -0.39 is 0 Å². The minimum Gasteiger partial charge on any atom is -0.307 e. The van der Waals surface area contributed by atoms with Gasteiger partial charge < -0.3 is 4.90 Å². The number of nitrogens with zero attached hydrogens (tertiary/aromatic N) is 2. The van der Waals surface area contributed by atoms with Crippen molar-refractivity contribution in [2.45, 2.75) is 38.8 Å². The molecule has 0 aliphatic carbocycles. The molecule has 0 aromatic rings. The molecule has 0 radical (unpaired) electrons. The number of hydrogen-bond acceptors (Lipinski definition) is 3. The summed E-state index contributed by atoms with van der Waals surface area (Å²) in [6.45, 7) is 4.26. The fourth-order valence-electron chi connectivity index (χ4n) is 1.01. The first-order valence-electron chi connectivity index (χ1n) is 4.39. The Bertz CT molecular complexity index is 159. The summed E-state index contributed by atoms with van der Waals surface area (Å²) >= 11 is 0. The summed E-state index contributed by atoms with van der Waals surface area (Å²) in [5.74, 6) is 0. The van der Waals surface area contributed by atoms with Crippen LogP contribution in [0.4, 0.5) is 0 Å². The van der Waals surface area contributed by atoms with Gasteiger partial charge in [-0.25, -0.2) is 10.4 Å². The lowest BCUT2D eigenvalue weighted by Gasteiger charge is -2.21. The summed E-state index contributed by atoms with van der Waals surface area (Å²) in [7, 11) is 4.12. The second-order valence-corrected chi connectivity index (χ2v) is 3.35. The average Bonchev–Trinajstić information content (AvgIpc) is 2.03. The van der Waals surface area contributed by atoms with E-state index in [-0.39, 0.29) is 6.04 Å². The molecule has 0 saturated carbocycles. The van der Waals surface area contributed by atoms with Crippen molar-refractivity contribution < 1.29 is 0 Å². The molecule has 0 fully saturated rings. The van der Waals surface area contributed by atoms with Crippen LogP contribution in [0.1, 0.15) is 26.7 Å². The van der Waals surface area contributed by atoms with Gasteiger partial charge >= 0.3 is 0 Å². The van der Waals surface area contributed by atoms with E-state index in [1.54, 1.807) is 0 Å². The van der Waals surface area contributed by atoms with Crippen molar-refractivity contribution in [3.63, 3.8) is 0 Å². The van der Waals surface area contributed by atoms with Crippen LogP contribution in [-0.2, 0) is 0 Å². The molecular weight excluding hydrogens is 150 g/mol. The van der Waals surface area contributed by atoms with Gasteiger partial charge in [0.25, 0.3) is 0 Å². The van der Waals surface area contributed by atoms with Gasteiger partial charge in [0.15, 0.2) is 0 Å². The SMILES string of the molecule is CCC(CC(C)N(C)C)N=C=N. The molecule has 2 unspecified atom stereocenters. The van der Waals surface area contributed by atoms with Gasteiger partial charge in [-0.3, -0.25) is 0 Å². The Morgan fingerprint density at radius 3 is 2.42 bits per heavy atom. The van der Waals surface area contributed by atoms with Crippen molar-refractivity contribution >= 4 is 6.01 Å². The van der Waals surface area contributed by atoms with E-state index in [4.69, 9.17) is 5.41 Å². The van der Waals surface area contributed by atoms with Crippen LogP contribution >= 0.6 is 0 Å². The van der Waals surface area contributed by atoms with Gasteiger partial charge in [0.2, 0.25) is 0 Å². The van der Waals surface area contributed by atoms with E-state index in [2.05, 4.69) is 43.8 Å². The number of aliphatic imine (C=N–C) groups is 1. The van der Waals surface area contributed by atoms with Gasteiger partial charge in [-0.15, -0.1) is 0 Å².